The minimum atomic E-state index is 0.133. The molecule has 0 aliphatic rings. The Balaban J connectivity index is 2.02. The van der Waals surface area contributed by atoms with Gasteiger partial charge in [0.2, 0.25) is 0 Å². The van der Waals surface area contributed by atoms with Gasteiger partial charge in [-0.2, -0.15) is 0 Å². The summed E-state index contributed by atoms with van der Waals surface area (Å²) in [6.07, 6.45) is 0. The first-order valence-corrected chi connectivity index (χ1v) is 7.42. The van der Waals surface area contributed by atoms with Gasteiger partial charge < -0.3 is 10.1 Å². The highest BCUT2D eigenvalue weighted by atomic mass is 16.5. The molecule has 0 aromatic heterocycles. The number of aryl methyl sites for hydroxylation is 2. The van der Waals surface area contributed by atoms with Crippen LogP contribution in [0.3, 0.4) is 0 Å². The molecule has 2 aromatic carbocycles. The number of nitrogens with one attached hydrogen (secondary N) is 1. The van der Waals surface area contributed by atoms with Gasteiger partial charge in [0.1, 0.15) is 11.5 Å². The predicted molar refractivity (Wildman–Crippen MR) is 89.0 cm³/mol. The van der Waals surface area contributed by atoms with Crippen LogP contribution in [0.2, 0.25) is 0 Å². The summed E-state index contributed by atoms with van der Waals surface area (Å²) in [5.41, 5.74) is 3.81. The van der Waals surface area contributed by atoms with Gasteiger partial charge in [-0.1, -0.05) is 29.8 Å². The molecule has 1 N–H and O–H groups in total. The quantitative estimate of drug-likeness (QED) is 0.854. The Bertz CT molecular complexity index is 594. The summed E-state index contributed by atoms with van der Waals surface area (Å²) < 4.78 is 5.94. The molecular formula is C19H25NO. The lowest BCUT2D eigenvalue weighted by molar-refractivity contribution is 0.424. The molecule has 0 radical (unpaired) electrons. The average Bonchev–Trinajstić information content (AvgIpc) is 2.40. The van der Waals surface area contributed by atoms with E-state index >= 15 is 0 Å². The third-order valence-corrected chi connectivity index (χ3v) is 3.30. The third kappa shape index (κ3) is 4.91. The minimum Gasteiger partial charge on any atom is -0.457 e. The van der Waals surface area contributed by atoms with E-state index in [2.05, 4.69) is 64.2 Å². The number of hydrogen-bond acceptors (Lipinski definition) is 2. The van der Waals surface area contributed by atoms with Crippen LogP contribution in [0.15, 0.2) is 42.5 Å². The average molecular weight is 283 g/mol. The Morgan fingerprint density at radius 2 is 1.62 bits per heavy atom. The normalized spacial score (nSPS) is 11.5. The van der Waals surface area contributed by atoms with Crippen molar-refractivity contribution in [1.82, 2.24) is 5.32 Å². The van der Waals surface area contributed by atoms with Crippen LogP contribution in [0.25, 0.3) is 0 Å². The van der Waals surface area contributed by atoms with Gasteiger partial charge in [0, 0.05) is 12.1 Å². The van der Waals surface area contributed by atoms with E-state index in [1.54, 1.807) is 0 Å². The maximum atomic E-state index is 5.94. The van der Waals surface area contributed by atoms with Crippen LogP contribution in [-0.2, 0) is 6.54 Å². The molecule has 0 amide bonds. The lowest BCUT2D eigenvalue weighted by atomic mass is 10.1. The van der Waals surface area contributed by atoms with E-state index in [4.69, 9.17) is 4.74 Å². The van der Waals surface area contributed by atoms with Crippen LogP contribution in [0.4, 0.5) is 0 Å². The monoisotopic (exact) mass is 283 g/mol. The second-order valence-corrected chi connectivity index (χ2v) is 6.62. The largest absolute Gasteiger partial charge is 0.457 e. The van der Waals surface area contributed by atoms with Crippen molar-refractivity contribution in [3.05, 3.63) is 59.2 Å². The lowest BCUT2D eigenvalue weighted by Gasteiger charge is -2.20. The van der Waals surface area contributed by atoms with Crippen molar-refractivity contribution in [2.24, 2.45) is 0 Å². The van der Waals surface area contributed by atoms with Gasteiger partial charge in [-0.05, 0) is 63.9 Å². The molecular weight excluding hydrogens is 258 g/mol. The molecule has 21 heavy (non-hydrogen) atoms. The van der Waals surface area contributed by atoms with Crippen LogP contribution >= 0.6 is 0 Å². The zero-order valence-corrected chi connectivity index (χ0v) is 13.7. The fraction of sp³-hybridized carbons (Fsp3) is 0.368. The van der Waals surface area contributed by atoms with Crippen LogP contribution in [-0.4, -0.2) is 5.54 Å². The van der Waals surface area contributed by atoms with Crippen LogP contribution in [0, 0.1) is 13.8 Å². The first-order valence-electron chi connectivity index (χ1n) is 7.42. The van der Waals surface area contributed by atoms with E-state index in [1.807, 2.05) is 18.2 Å². The summed E-state index contributed by atoms with van der Waals surface area (Å²) in [5, 5.41) is 3.48. The summed E-state index contributed by atoms with van der Waals surface area (Å²) in [5.74, 6) is 1.79. The minimum absolute atomic E-state index is 0.133. The van der Waals surface area contributed by atoms with Crippen LogP contribution in [0.1, 0.15) is 37.5 Å². The van der Waals surface area contributed by atoms with Gasteiger partial charge in [0.25, 0.3) is 0 Å². The van der Waals surface area contributed by atoms with Crippen LogP contribution in [0.5, 0.6) is 11.5 Å². The Kier molecular flexibility index (Phi) is 4.69. The maximum Gasteiger partial charge on any atom is 0.130 e. The standard InChI is InChI=1S/C19H25NO/c1-14-6-11-18(15(2)12-14)21-17-9-7-16(8-10-17)13-20-19(3,4)5/h6-12,20H,13H2,1-5H3. The predicted octanol–water partition coefficient (Wildman–Crippen LogP) is 4.98. The summed E-state index contributed by atoms with van der Waals surface area (Å²) in [4.78, 5) is 0. The first-order chi connectivity index (χ1) is 9.83. The van der Waals surface area contributed by atoms with Gasteiger partial charge in [0.15, 0.2) is 0 Å². The molecule has 2 rings (SSSR count). The van der Waals surface area contributed by atoms with E-state index in [1.165, 1.54) is 11.1 Å². The molecule has 0 heterocycles. The van der Waals surface area contributed by atoms with E-state index < -0.39 is 0 Å². The highest BCUT2D eigenvalue weighted by molar-refractivity contribution is 5.39. The second-order valence-electron chi connectivity index (χ2n) is 6.62. The van der Waals surface area contributed by atoms with E-state index in [0.717, 1.165) is 23.6 Å². The second kappa shape index (κ2) is 6.31. The molecule has 2 aromatic rings. The van der Waals surface area contributed by atoms with Crippen molar-refractivity contribution < 1.29 is 4.74 Å². The third-order valence-electron chi connectivity index (χ3n) is 3.30. The molecule has 0 saturated heterocycles. The molecule has 0 fully saturated rings. The Labute approximate surface area is 128 Å². The SMILES string of the molecule is Cc1ccc(Oc2ccc(CNC(C)(C)C)cc2)c(C)c1. The number of benzene rings is 2. The Morgan fingerprint density at radius 3 is 2.19 bits per heavy atom. The fourth-order valence-corrected chi connectivity index (χ4v) is 2.08. The fourth-order valence-electron chi connectivity index (χ4n) is 2.08. The first kappa shape index (κ1) is 15.6. The van der Waals surface area contributed by atoms with Gasteiger partial charge in [-0.3, -0.25) is 0 Å². The summed E-state index contributed by atoms with van der Waals surface area (Å²) in [7, 11) is 0. The zero-order valence-electron chi connectivity index (χ0n) is 13.7. The molecule has 0 atom stereocenters. The van der Waals surface area contributed by atoms with Crippen molar-refractivity contribution in [2.75, 3.05) is 0 Å². The van der Waals surface area contributed by atoms with E-state index in [0.29, 0.717) is 0 Å². The molecule has 0 spiro atoms. The summed E-state index contributed by atoms with van der Waals surface area (Å²) >= 11 is 0. The summed E-state index contributed by atoms with van der Waals surface area (Å²) in [6, 6.07) is 14.5. The van der Waals surface area contributed by atoms with Crippen molar-refractivity contribution in [1.29, 1.82) is 0 Å². The zero-order chi connectivity index (χ0) is 15.5. The highest BCUT2D eigenvalue weighted by Gasteiger charge is 2.08. The molecule has 0 unspecified atom stereocenters. The van der Waals surface area contributed by atoms with E-state index in [9.17, 15) is 0 Å². The Hall–Kier alpha value is -1.80. The van der Waals surface area contributed by atoms with Crippen molar-refractivity contribution in [3.8, 4) is 11.5 Å². The maximum absolute atomic E-state index is 5.94. The summed E-state index contributed by atoms with van der Waals surface area (Å²) in [6.45, 7) is 11.5. The number of rotatable bonds is 4. The van der Waals surface area contributed by atoms with Crippen LogP contribution < -0.4 is 10.1 Å². The topological polar surface area (TPSA) is 21.3 Å². The van der Waals surface area contributed by atoms with Crippen molar-refractivity contribution in [2.45, 2.75) is 46.7 Å². The van der Waals surface area contributed by atoms with Gasteiger partial charge in [-0.25, -0.2) is 0 Å². The Morgan fingerprint density at radius 1 is 0.952 bits per heavy atom. The van der Waals surface area contributed by atoms with Gasteiger partial charge >= 0.3 is 0 Å². The van der Waals surface area contributed by atoms with E-state index in [-0.39, 0.29) is 5.54 Å². The molecule has 0 saturated carbocycles. The molecule has 112 valence electrons. The molecule has 0 aliphatic heterocycles. The molecule has 2 nitrogen and oxygen atoms in total. The smallest absolute Gasteiger partial charge is 0.130 e. The number of hydrogen-bond donors (Lipinski definition) is 1. The lowest BCUT2D eigenvalue weighted by Crippen LogP contribution is -2.34. The number of ether oxygens (including phenoxy) is 1. The highest BCUT2D eigenvalue weighted by Crippen LogP contribution is 2.25. The molecule has 2 heteroatoms. The van der Waals surface area contributed by atoms with Gasteiger partial charge in [-0.15, -0.1) is 0 Å². The van der Waals surface area contributed by atoms with Crippen molar-refractivity contribution >= 4 is 0 Å². The molecule has 0 aliphatic carbocycles. The molecule has 0 bridgehead atoms. The van der Waals surface area contributed by atoms with Crippen molar-refractivity contribution in [3.63, 3.8) is 0 Å². The van der Waals surface area contributed by atoms with Gasteiger partial charge in [0.05, 0.1) is 0 Å².